The Bertz CT molecular complexity index is 552. The minimum Gasteiger partial charge on any atom is -0.346 e. The minimum atomic E-state index is -0.427. The zero-order valence-corrected chi connectivity index (χ0v) is 12.9. The first-order chi connectivity index (χ1) is 10.5. The molecule has 0 saturated heterocycles. The number of rotatable bonds is 9. The SMILES string of the molecule is C#CCCC1(CCC(=O)NC(CC(C)C)c2nn[nH]n2)N=N1. The lowest BCUT2D eigenvalue weighted by Gasteiger charge is -2.18. The zero-order valence-electron chi connectivity index (χ0n) is 12.9. The van der Waals surface area contributed by atoms with Gasteiger partial charge < -0.3 is 5.32 Å². The molecular weight excluding hydrogens is 282 g/mol. The number of nitrogens with zero attached hydrogens (tertiary/aromatic N) is 5. The van der Waals surface area contributed by atoms with E-state index >= 15 is 0 Å². The molecule has 0 aliphatic carbocycles. The molecule has 2 rings (SSSR count). The Morgan fingerprint density at radius 2 is 2.18 bits per heavy atom. The van der Waals surface area contributed by atoms with E-state index in [9.17, 15) is 4.79 Å². The molecule has 1 aromatic heterocycles. The van der Waals surface area contributed by atoms with Crippen LogP contribution in [0.25, 0.3) is 0 Å². The van der Waals surface area contributed by atoms with Crippen LogP contribution in [0.5, 0.6) is 0 Å². The number of carbonyl (C=O) groups excluding carboxylic acids is 1. The van der Waals surface area contributed by atoms with Gasteiger partial charge in [-0.25, -0.2) is 0 Å². The summed E-state index contributed by atoms with van der Waals surface area (Å²) in [7, 11) is 0. The van der Waals surface area contributed by atoms with Crippen LogP contribution in [0.2, 0.25) is 0 Å². The predicted molar refractivity (Wildman–Crippen MR) is 79.4 cm³/mol. The molecule has 8 nitrogen and oxygen atoms in total. The monoisotopic (exact) mass is 303 g/mol. The summed E-state index contributed by atoms with van der Waals surface area (Å²) >= 11 is 0. The van der Waals surface area contributed by atoms with Crippen molar-refractivity contribution in [3.63, 3.8) is 0 Å². The summed E-state index contributed by atoms with van der Waals surface area (Å²) in [5.41, 5.74) is -0.427. The summed E-state index contributed by atoms with van der Waals surface area (Å²) in [4.78, 5) is 12.2. The van der Waals surface area contributed by atoms with Crippen LogP contribution in [0, 0.1) is 18.3 Å². The van der Waals surface area contributed by atoms with E-state index in [1.807, 2.05) is 0 Å². The Labute approximate surface area is 129 Å². The molecule has 0 fully saturated rings. The Morgan fingerprint density at radius 3 is 2.73 bits per heavy atom. The summed E-state index contributed by atoms with van der Waals surface area (Å²) in [6.45, 7) is 4.16. The van der Waals surface area contributed by atoms with Gasteiger partial charge in [0.05, 0.1) is 6.04 Å². The lowest BCUT2D eigenvalue weighted by Crippen LogP contribution is -2.31. The number of nitrogens with one attached hydrogen (secondary N) is 2. The molecule has 1 atom stereocenters. The number of H-pyrrole nitrogens is 1. The van der Waals surface area contributed by atoms with E-state index in [0.717, 1.165) is 6.42 Å². The van der Waals surface area contributed by atoms with Crippen molar-refractivity contribution >= 4 is 5.91 Å². The first-order valence-corrected chi connectivity index (χ1v) is 7.45. The second-order valence-corrected chi connectivity index (χ2v) is 5.91. The average Bonchev–Trinajstić information content (AvgIpc) is 3.03. The third-order valence-electron chi connectivity index (χ3n) is 3.52. The van der Waals surface area contributed by atoms with Gasteiger partial charge in [-0.2, -0.15) is 15.4 Å². The van der Waals surface area contributed by atoms with E-state index in [2.05, 4.69) is 55.9 Å². The smallest absolute Gasteiger partial charge is 0.220 e. The molecule has 1 aliphatic heterocycles. The van der Waals surface area contributed by atoms with E-state index in [1.165, 1.54) is 0 Å². The third kappa shape index (κ3) is 4.62. The second kappa shape index (κ2) is 7.11. The van der Waals surface area contributed by atoms with Crippen LogP contribution in [0.1, 0.15) is 57.8 Å². The fraction of sp³-hybridized carbons (Fsp3) is 0.714. The number of aromatic nitrogens is 4. The van der Waals surface area contributed by atoms with Crippen molar-refractivity contribution in [2.45, 2.75) is 57.7 Å². The zero-order chi connectivity index (χ0) is 16.0. The molecule has 1 aliphatic rings. The van der Waals surface area contributed by atoms with Crippen LogP contribution in [0.4, 0.5) is 0 Å². The first kappa shape index (κ1) is 16.1. The first-order valence-electron chi connectivity index (χ1n) is 7.45. The standard InChI is InChI=1S/C14H21N7O/c1-4-5-7-14(18-19-14)8-6-12(22)15-11(9-10(2)3)13-16-20-21-17-13/h1,10-11H,5-9H2,2-3H3,(H,15,22)(H,16,17,20,21). The van der Waals surface area contributed by atoms with E-state index in [1.54, 1.807) is 0 Å². The number of carbonyl (C=O) groups is 1. The summed E-state index contributed by atoms with van der Waals surface area (Å²) < 4.78 is 0. The van der Waals surface area contributed by atoms with Gasteiger partial charge in [0.15, 0.2) is 11.5 Å². The molecule has 0 aromatic carbocycles. The van der Waals surface area contributed by atoms with Crippen LogP contribution < -0.4 is 5.32 Å². The molecule has 1 aromatic rings. The maximum absolute atomic E-state index is 12.2. The van der Waals surface area contributed by atoms with Gasteiger partial charge in [-0.05, 0) is 12.3 Å². The largest absolute Gasteiger partial charge is 0.346 e. The molecule has 2 N–H and O–H groups in total. The third-order valence-corrected chi connectivity index (χ3v) is 3.52. The molecule has 0 radical (unpaired) electrons. The fourth-order valence-electron chi connectivity index (χ4n) is 2.27. The number of tetrazole rings is 1. The molecule has 0 saturated carbocycles. The number of hydrogen-bond donors (Lipinski definition) is 2. The number of aromatic amines is 1. The average molecular weight is 303 g/mol. The summed E-state index contributed by atoms with van der Waals surface area (Å²) in [5, 5.41) is 24.9. The van der Waals surface area contributed by atoms with E-state index in [4.69, 9.17) is 6.42 Å². The van der Waals surface area contributed by atoms with E-state index in [0.29, 0.717) is 37.4 Å². The summed E-state index contributed by atoms with van der Waals surface area (Å²) in [6, 6.07) is -0.235. The normalized spacial score (nSPS) is 16.3. The second-order valence-electron chi connectivity index (χ2n) is 5.91. The molecule has 1 unspecified atom stereocenters. The molecule has 118 valence electrons. The highest BCUT2D eigenvalue weighted by Gasteiger charge is 2.39. The highest BCUT2D eigenvalue weighted by atomic mass is 16.1. The molecule has 2 heterocycles. The molecular formula is C14H21N7O. The van der Waals surface area contributed by atoms with Gasteiger partial charge in [0.2, 0.25) is 5.91 Å². The van der Waals surface area contributed by atoms with Crippen molar-refractivity contribution in [3.8, 4) is 12.3 Å². The number of hydrogen-bond acceptors (Lipinski definition) is 6. The van der Waals surface area contributed by atoms with Gasteiger partial charge in [-0.1, -0.05) is 19.1 Å². The Hall–Kier alpha value is -2.30. The van der Waals surface area contributed by atoms with Crippen LogP contribution in [-0.4, -0.2) is 32.2 Å². The van der Waals surface area contributed by atoms with Gasteiger partial charge in [0.1, 0.15) is 0 Å². The van der Waals surface area contributed by atoms with Gasteiger partial charge >= 0.3 is 0 Å². The quantitative estimate of drug-likeness (QED) is 0.677. The summed E-state index contributed by atoms with van der Waals surface area (Å²) in [5.74, 6) is 3.42. The molecule has 8 heteroatoms. The van der Waals surface area contributed by atoms with E-state index < -0.39 is 5.66 Å². The summed E-state index contributed by atoms with van der Waals surface area (Å²) in [6.07, 6.45) is 8.26. The van der Waals surface area contributed by atoms with Crippen molar-refractivity contribution in [1.29, 1.82) is 0 Å². The van der Waals surface area contributed by atoms with Crippen molar-refractivity contribution in [1.82, 2.24) is 25.9 Å². The maximum Gasteiger partial charge on any atom is 0.220 e. The number of amides is 1. The highest BCUT2D eigenvalue weighted by Crippen LogP contribution is 2.37. The van der Waals surface area contributed by atoms with Gasteiger partial charge in [0.25, 0.3) is 0 Å². The van der Waals surface area contributed by atoms with Crippen LogP contribution in [-0.2, 0) is 4.79 Å². The molecule has 0 bridgehead atoms. The molecule has 22 heavy (non-hydrogen) atoms. The van der Waals surface area contributed by atoms with Gasteiger partial charge in [-0.3, -0.25) is 4.79 Å². The minimum absolute atomic E-state index is 0.0622. The van der Waals surface area contributed by atoms with Crippen molar-refractivity contribution < 1.29 is 4.79 Å². The van der Waals surface area contributed by atoms with Gasteiger partial charge in [-0.15, -0.1) is 22.5 Å². The molecule has 1 amide bonds. The van der Waals surface area contributed by atoms with Crippen LogP contribution in [0.3, 0.4) is 0 Å². The van der Waals surface area contributed by atoms with Crippen molar-refractivity contribution in [2.75, 3.05) is 0 Å². The van der Waals surface area contributed by atoms with Crippen molar-refractivity contribution in [3.05, 3.63) is 5.82 Å². The Kier molecular flexibility index (Phi) is 5.20. The van der Waals surface area contributed by atoms with Crippen LogP contribution >= 0.6 is 0 Å². The molecule has 0 spiro atoms. The lowest BCUT2D eigenvalue weighted by atomic mass is 10.0. The Balaban J connectivity index is 1.83. The Morgan fingerprint density at radius 1 is 1.41 bits per heavy atom. The number of terminal acetylenes is 1. The van der Waals surface area contributed by atoms with Crippen molar-refractivity contribution in [2.24, 2.45) is 16.1 Å². The lowest BCUT2D eigenvalue weighted by molar-refractivity contribution is -0.122. The maximum atomic E-state index is 12.2. The van der Waals surface area contributed by atoms with Crippen LogP contribution in [0.15, 0.2) is 10.2 Å². The predicted octanol–water partition coefficient (Wildman–Crippen LogP) is 1.76. The van der Waals surface area contributed by atoms with E-state index in [-0.39, 0.29) is 11.9 Å². The fourth-order valence-corrected chi connectivity index (χ4v) is 2.27. The van der Waals surface area contributed by atoms with Gasteiger partial charge in [0, 0.05) is 25.7 Å². The topological polar surface area (TPSA) is 108 Å². The highest BCUT2D eigenvalue weighted by molar-refractivity contribution is 5.76.